The van der Waals surface area contributed by atoms with Crippen LogP contribution in [0.1, 0.15) is 11.1 Å². The van der Waals surface area contributed by atoms with Crippen molar-refractivity contribution in [3.8, 4) is 6.07 Å². The van der Waals surface area contributed by atoms with Crippen molar-refractivity contribution in [2.24, 2.45) is 0 Å². The number of hydrogen-bond acceptors (Lipinski definition) is 3. The number of nitriles is 1. The molecule has 0 radical (unpaired) electrons. The van der Waals surface area contributed by atoms with E-state index in [0.29, 0.717) is 11.3 Å². The molecule has 1 heterocycles. The maximum absolute atomic E-state index is 10.0. The van der Waals surface area contributed by atoms with Crippen LogP contribution in [-0.2, 0) is 6.42 Å². The molecule has 196 valence electrons. The predicted octanol–water partition coefficient (Wildman–Crippen LogP) is 10.2. The highest BCUT2D eigenvalue weighted by Crippen LogP contribution is 2.48. The first-order valence-electron chi connectivity index (χ1n) is 14.1. The van der Waals surface area contributed by atoms with E-state index < -0.39 is 0 Å². The number of para-hydroxylation sites is 2. The van der Waals surface area contributed by atoms with Crippen molar-refractivity contribution in [3.05, 3.63) is 144 Å². The second-order valence-electron chi connectivity index (χ2n) is 10.7. The van der Waals surface area contributed by atoms with Crippen LogP contribution in [0.4, 0.5) is 34.1 Å². The van der Waals surface area contributed by atoms with Gasteiger partial charge < -0.3 is 9.80 Å². The first kappa shape index (κ1) is 24.0. The Morgan fingerprint density at radius 3 is 2.36 bits per heavy atom. The van der Waals surface area contributed by atoms with E-state index in [1.54, 1.807) is 0 Å². The molecule has 0 atom stereocenters. The van der Waals surface area contributed by atoms with E-state index in [4.69, 9.17) is 6.57 Å². The molecule has 4 heteroatoms. The second-order valence-corrected chi connectivity index (χ2v) is 10.7. The van der Waals surface area contributed by atoms with Crippen LogP contribution >= 0.6 is 0 Å². The molecule has 7 aromatic rings. The van der Waals surface area contributed by atoms with Gasteiger partial charge in [0.2, 0.25) is 0 Å². The first-order valence-corrected chi connectivity index (χ1v) is 14.1. The molecule has 8 rings (SSSR count). The summed E-state index contributed by atoms with van der Waals surface area (Å²) in [6, 6.07) is 44.2. The molecule has 0 N–H and O–H groups in total. The van der Waals surface area contributed by atoms with Crippen LogP contribution < -0.4 is 9.80 Å². The second kappa shape index (κ2) is 9.37. The van der Waals surface area contributed by atoms with Gasteiger partial charge in [-0.15, -0.1) is 0 Å². The quantitative estimate of drug-likeness (QED) is 0.166. The third-order valence-corrected chi connectivity index (χ3v) is 8.50. The lowest BCUT2D eigenvalue weighted by molar-refractivity contribution is 1.00. The van der Waals surface area contributed by atoms with Gasteiger partial charge in [0.15, 0.2) is 5.69 Å². The van der Waals surface area contributed by atoms with Gasteiger partial charge in [-0.3, -0.25) is 0 Å². The summed E-state index contributed by atoms with van der Waals surface area (Å²) in [6.45, 7) is 8.44. The summed E-state index contributed by atoms with van der Waals surface area (Å²) in [6.07, 6.45) is 0.960. The van der Waals surface area contributed by atoms with Crippen LogP contribution in [0, 0.1) is 17.9 Å². The predicted molar refractivity (Wildman–Crippen MR) is 173 cm³/mol. The van der Waals surface area contributed by atoms with Crippen molar-refractivity contribution in [2.45, 2.75) is 6.42 Å². The Bertz CT molecular complexity index is 2240. The largest absolute Gasteiger partial charge is 0.341 e. The van der Waals surface area contributed by atoms with Crippen molar-refractivity contribution in [2.75, 3.05) is 16.3 Å². The molecule has 0 unspecified atom stereocenters. The third-order valence-electron chi connectivity index (χ3n) is 8.50. The number of fused-ring (bicyclic) bond motifs is 1. The first-order chi connectivity index (χ1) is 20.7. The number of nitrogens with zero attached hydrogens (tertiary/aromatic N) is 4. The SMILES string of the molecule is [C-]#[N+]c1ccc2c(c1)N(c1cc3ccc(N(c4ccccc4)c4ccccc4C#N)c4ccc5cccc1c5c34)CC2. The van der Waals surface area contributed by atoms with Crippen molar-refractivity contribution < 1.29 is 0 Å². The Morgan fingerprint density at radius 2 is 1.50 bits per heavy atom. The Hall–Kier alpha value is -5.84. The lowest BCUT2D eigenvalue weighted by atomic mass is 9.91. The van der Waals surface area contributed by atoms with Gasteiger partial charge >= 0.3 is 0 Å². The van der Waals surface area contributed by atoms with Crippen LogP contribution in [0.3, 0.4) is 0 Å². The Balaban J connectivity index is 1.41. The smallest absolute Gasteiger partial charge is 0.189 e. The zero-order valence-corrected chi connectivity index (χ0v) is 22.8. The maximum atomic E-state index is 10.0. The minimum absolute atomic E-state index is 0.626. The molecule has 42 heavy (non-hydrogen) atoms. The number of rotatable bonds is 4. The summed E-state index contributed by atoms with van der Waals surface area (Å²) >= 11 is 0. The Kier molecular flexibility index (Phi) is 5.36. The zero-order chi connectivity index (χ0) is 28.2. The molecular formula is C38H24N4. The summed E-state index contributed by atoms with van der Waals surface area (Å²) < 4.78 is 0. The highest BCUT2D eigenvalue weighted by molar-refractivity contribution is 6.28. The van der Waals surface area contributed by atoms with Gasteiger partial charge in [-0.1, -0.05) is 78.9 Å². The van der Waals surface area contributed by atoms with Crippen LogP contribution in [0.15, 0.2) is 121 Å². The molecule has 1 aliphatic heterocycles. The fraction of sp³-hybridized carbons (Fsp3) is 0.0526. The number of benzene rings is 7. The molecule has 0 bridgehead atoms. The summed E-state index contributed by atoms with van der Waals surface area (Å²) in [7, 11) is 0. The number of hydrogen-bond donors (Lipinski definition) is 0. The molecule has 0 saturated heterocycles. The van der Waals surface area contributed by atoms with Gasteiger partial charge in [-0.2, -0.15) is 5.26 Å². The third kappa shape index (κ3) is 3.53. The molecular weight excluding hydrogens is 512 g/mol. The standard InChI is InChI=1S/C38H24N4/c1-40-29-17-14-25-20-21-41(35(25)23-29)36-22-27-16-19-34(32-18-15-26-9-7-12-31(36)37(26)38(27)32)42(30-10-3-2-4-11-30)33-13-6-5-8-28(33)24-39/h2-19,22-23H,20-21H2. The zero-order valence-electron chi connectivity index (χ0n) is 22.8. The normalized spacial score (nSPS) is 12.5. The van der Waals surface area contributed by atoms with Crippen LogP contribution in [0.25, 0.3) is 37.2 Å². The van der Waals surface area contributed by atoms with Crippen molar-refractivity contribution in [1.29, 1.82) is 5.26 Å². The summed E-state index contributed by atoms with van der Waals surface area (Å²) in [5, 5.41) is 17.2. The van der Waals surface area contributed by atoms with E-state index in [-0.39, 0.29) is 0 Å². The van der Waals surface area contributed by atoms with Crippen molar-refractivity contribution in [1.82, 2.24) is 0 Å². The molecule has 4 nitrogen and oxygen atoms in total. The summed E-state index contributed by atoms with van der Waals surface area (Å²) in [5.41, 5.74) is 7.76. The van der Waals surface area contributed by atoms with Gasteiger partial charge in [-0.25, -0.2) is 4.85 Å². The van der Waals surface area contributed by atoms with Gasteiger partial charge in [0.1, 0.15) is 6.07 Å². The van der Waals surface area contributed by atoms with Gasteiger partial charge in [0.25, 0.3) is 0 Å². The molecule has 0 saturated carbocycles. The van der Waals surface area contributed by atoms with Crippen LogP contribution in [-0.4, -0.2) is 6.54 Å². The van der Waals surface area contributed by atoms with Crippen LogP contribution in [0.2, 0.25) is 0 Å². The van der Waals surface area contributed by atoms with E-state index in [2.05, 4.69) is 87.4 Å². The van der Waals surface area contributed by atoms with Crippen LogP contribution in [0.5, 0.6) is 0 Å². The average Bonchev–Trinajstić information content (AvgIpc) is 3.48. The molecule has 0 fully saturated rings. The molecule has 0 amide bonds. The number of anilines is 5. The summed E-state index contributed by atoms with van der Waals surface area (Å²) in [4.78, 5) is 8.29. The highest BCUT2D eigenvalue weighted by Gasteiger charge is 2.25. The fourth-order valence-corrected chi connectivity index (χ4v) is 6.65. The minimum atomic E-state index is 0.626. The average molecular weight is 537 g/mol. The minimum Gasteiger partial charge on any atom is -0.341 e. The molecule has 0 aromatic heterocycles. The van der Waals surface area contributed by atoms with E-state index >= 15 is 0 Å². The lowest BCUT2D eigenvalue weighted by Crippen LogP contribution is -2.14. The fourth-order valence-electron chi connectivity index (χ4n) is 6.65. The maximum Gasteiger partial charge on any atom is 0.189 e. The molecule has 0 spiro atoms. The Morgan fingerprint density at radius 1 is 0.690 bits per heavy atom. The topological polar surface area (TPSA) is 34.6 Å². The Labute approximate surface area is 244 Å². The van der Waals surface area contributed by atoms with E-state index in [1.807, 2.05) is 54.6 Å². The molecule has 7 aromatic carbocycles. The van der Waals surface area contributed by atoms with Gasteiger partial charge in [-0.05, 0) is 76.0 Å². The van der Waals surface area contributed by atoms with Crippen molar-refractivity contribution >= 4 is 66.4 Å². The highest BCUT2D eigenvalue weighted by atomic mass is 15.2. The lowest BCUT2D eigenvalue weighted by Gasteiger charge is -2.29. The van der Waals surface area contributed by atoms with Crippen molar-refractivity contribution in [3.63, 3.8) is 0 Å². The monoisotopic (exact) mass is 536 g/mol. The van der Waals surface area contributed by atoms with E-state index in [9.17, 15) is 5.26 Å². The van der Waals surface area contributed by atoms with Gasteiger partial charge in [0.05, 0.1) is 23.5 Å². The van der Waals surface area contributed by atoms with E-state index in [0.717, 1.165) is 41.1 Å². The molecule has 1 aliphatic rings. The van der Waals surface area contributed by atoms with E-state index in [1.165, 1.54) is 38.2 Å². The molecule has 0 aliphatic carbocycles. The van der Waals surface area contributed by atoms with Gasteiger partial charge in [0, 0.05) is 34.4 Å². The summed E-state index contributed by atoms with van der Waals surface area (Å²) in [5.74, 6) is 0.